The average Bonchev–Trinajstić information content (AvgIpc) is 2.53. The van der Waals surface area contributed by atoms with Crippen LogP contribution in [-0.4, -0.2) is 23.6 Å². The minimum atomic E-state index is 0.686. The quantitative estimate of drug-likeness (QED) is 0.729. The van der Waals surface area contributed by atoms with Gasteiger partial charge in [-0.1, -0.05) is 25.5 Å². The zero-order valence-corrected chi connectivity index (χ0v) is 13.5. The third kappa shape index (κ3) is 4.91. The van der Waals surface area contributed by atoms with E-state index in [2.05, 4.69) is 27.5 Å². The van der Waals surface area contributed by atoms with Crippen molar-refractivity contribution in [2.75, 3.05) is 24.3 Å². The molecule has 0 aliphatic carbocycles. The summed E-state index contributed by atoms with van der Waals surface area (Å²) in [6, 6.07) is 9.95. The molecule has 1 aromatic heterocycles. The Labute approximate surface area is 132 Å². The molecule has 0 spiro atoms. The largest absolute Gasteiger partial charge is 0.497 e. The van der Waals surface area contributed by atoms with Gasteiger partial charge in [0.05, 0.1) is 7.11 Å². The molecule has 0 amide bonds. The molecule has 0 saturated carbocycles. The van der Waals surface area contributed by atoms with Crippen molar-refractivity contribution < 1.29 is 4.74 Å². The van der Waals surface area contributed by atoms with Crippen molar-refractivity contribution in [2.45, 2.75) is 33.2 Å². The topological polar surface area (TPSA) is 59.1 Å². The molecule has 0 unspecified atom stereocenters. The predicted octanol–water partition coefficient (Wildman–Crippen LogP) is 3.62. The predicted molar refractivity (Wildman–Crippen MR) is 90.5 cm³/mol. The molecule has 5 heteroatoms. The molecule has 1 aromatic carbocycles. The molecule has 5 nitrogen and oxygen atoms in total. The number of nitrogens with zero attached hydrogens (tertiary/aromatic N) is 2. The van der Waals surface area contributed by atoms with Crippen LogP contribution in [0.2, 0.25) is 0 Å². The normalized spacial score (nSPS) is 10.3. The van der Waals surface area contributed by atoms with Gasteiger partial charge in [0.2, 0.25) is 5.95 Å². The molecule has 0 atom stereocenters. The number of nitrogens with one attached hydrogen (secondary N) is 2. The van der Waals surface area contributed by atoms with E-state index >= 15 is 0 Å². The second kappa shape index (κ2) is 8.22. The second-order valence-electron chi connectivity index (χ2n) is 5.20. The number of aromatic nitrogens is 2. The summed E-state index contributed by atoms with van der Waals surface area (Å²) in [4.78, 5) is 8.90. The fourth-order valence-corrected chi connectivity index (χ4v) is 2.05. The van der Waals surface area contributed by atoms with E-state index in [1.165, 1.54) is 5.56 Å². The third-order valence-electron chi connectivity index (χ3n) is 3.30. The maximum absolute atomic E-state index is 5.16. The van der Waals surface area contributed by atoms with Gasteiger partial charge < -0.3 is 15.4 Å². The van der Waals surface area contributed by atoms with Crippen LogP contribution in [0.1, 0.15) is 31.0 Å². The van der Waals surface area contributed by atoms with E-state index in [1.54, 1.807) is 7.11 Å². The number of benzene rings is 1. The lowest BCUT2D eigenvalue weighted by Crippen LogP contribution is -2.09. The Hall–Kier alpha value is -2.30. The summed E-state index contributed by atoms with van der Waals surface area (Å²) in [6.07, 6.45) is 2.27. The fraction of sp³-hybridized carbons (Fsp3) is 0.412. The highest BCUT2D eigenvalue weighted by Crippen LogP contribution is 2.14. The van der Waals surface area contributed by atoms with E-state index in [0.29, 0.717) is 5.95 Å². The van der Waals surface area contributed by atoms with Crippen molar-refractivity contribution in [3.63, 3.8) is 0 Å². The van der Waals surface area contributed by atoms with Gasteiger partial charge in [-0.3, -0.25) is 0 Å². The lowest BCUT2D eigenvalue weighted by atomic mass is 10.2. The van der Waals surface area contributed by atoms with Gasteiger partial charge in [0, 0.05) is 24.8 Å². The summed E-state index contributed by atoms with van der Waals surface area (Å²) >= 11 is 0. The van der Waals surface area contributed by atoms with Crippen LogP contribution in [0.3, 0.4) is 0 Å². The van der Waals surface area contributed by atoms with Gasteiger partial charge in [-0.2, -0.15) is 4.98 Å². The highest BCUT2D eigenvalue weighted by Gasteiger charge is 2.02. The van der Waals surface area contributed by atoms with E-state index in [-0.39, 0.29) is 0 Å². The van der Waals surface area contributed by atoms with E-state index < -0.39 is 0 Å². The van der Waals surface area contributed by atoms with Gasteiger partial charge in [-0.05, 0) is 31.0 Å². The van der Waals surface area contributed by atoms with Crippen LogP contribution in [0.25, 0.3) is 0 Å². The Morgan fingerprint density at radius 3 is 2.55 bits per heavy atom. The summed E-state index contributed by atoms with van der Waals surface area (Å²) in [5, 5.41) is 6.60. The van der Waals surface area contributed by atoms with Crippen molar-refractivity contribution in [2.24, 2.45) is 0 Å². The first-order valence-corrected chi connectivity index (χ1v) is 7.67. The van der Waals surface area contributed by atoms with Crippen LogP contribution in [0.4, 0.5) is 11.8 Å². The zero-order valence-electron chi connectivity index (χ0n) is 13.5. The summed E-state index contributed by atoms with van der Waals surface area (Å²) < 4.78 is 5.16. The minimum Gasteiger partial charge on any atom is -0.497 e. The highest BCUT2D eigenvalue weighted by atomic mass is 16.5. The van der Waals surface area contributed by atoms with E-state index in [1.807, 2.05) is 37.3 Å². The van der Waals surface area contributed by atoms with Crippen molar-refractivity contribution in [3.8, 4) is 5.75 Å². The lowest BCUT2D eigenvalue weighted by molar-refractivity contribution is 0.414. The molecule has 22 heavy (non-hydrogen) atoms. The lowest BCUT2D eigenvalue weighted by Gasteiger charge is -2.10. The van der Waals surface area contributed by atoms with Crippen molar-refractivity contribution in [3.05, 3.63) is 41.6 Å². The molecule has 2 rings (SSSR count). The first kappa shape index (κ1) is 16.1. The number of hydrogen-bond acceptors (Lipinski definition) is 5. The Bertz CT molecular complexity index is 584. The molecule has 0 fully saturated rings. The summed E-state index contributed by atoms with van der Waals surface area (Å²) in [7, 11) is 1.67. The van der Waals surface area contributed by atoms with Crippen LogP contribution in [-0.2, 0) is 6.54 Å². The van der Waals surface area contributed by atoms with Gasteiger partial charge in [0.15, 0.2) is 0 Å². The smallest absolute Gasteiger partial charge is 0.224 e. The maximum atomic E-state index is 5.16. The number of rotatable bonds is 8. The van der Waals surface area contributed by atoms with E-state index in [0.717, 1.165) is 43.2 Å². The van der Waals surface area contributed by atoms with Crippen LogP contribution in [0.15, 0.2) is 30.3 Å². The number of anilines is 2. The summed E-state index contributed by atoms with van der Waals surface area (Å²) in [6.45, 7) is 5.76. The minimum absolute atomic E-state index is 0.686. The fourth-order valence-electron chi connectivity index (χ4n) is 2.05. The zero-order chi connectivity index (χ0) is 15.8. The van der Waals surface area contributed by atoms with Crippen LogP contribution in [0.5, 0.6) is 5.75 Å². The van der Waals surface area contributed by atoms with E-state index in [4.69, 9.17) is 4.74 Å². The number of ether oxygens (including phenoxy) is 1. The number of methoxy groups -OCH3 is 1. The summed E-state index contributed by atoms with van der Waals surface area (Å²) in [5.74, 6) is 2.39. The molecule has 0 aliphatic heterocycles. The van der Waals surface area contributed by atoms with Gasteiger partial charge in [-0.15, -0.1) is 0 Å². The molecule has 0 radical (unpaired) electrons. The van der Waals surface area contributed by atoms with E-state index in [9.17, 15) is 0 Å². The van der Waals surface area contributed by atoms with Crippen molar-refractivity contribution >= 4 is 11.8 Å². The van der Waals surface area contributed by atoms with Gasteiger partial charge >= 0.3 is 0 Å². The first-order chi connectivity index (χ1) is 10.7. The van der Waals surface area contributed by atoms with Crippen molar-refractivity contribution in [1.82, 2.24) is 9.97 Å². The first-order valence-electron chi connectivity index (χ1n) is 7.67. The van der Waals surface area contributed by atoms with Gasteiger partial charge in [-0.25, -0.2) is 4.98 Å². The second-order valence-corrected chi connectivity index (χ2v) is 5.20. The molecular formula is C17H24N4O. The average molecular weight is 300 g/mol. The molecule has 118 valence electrons. The van der Waals surface area contributed by atoms with Gasteiger partial charge in [0.1, 0.15) is 11.6 Å². The van der Waals surface area contributed by atoms with Crippen LogP contribution >= 0.6 is 0 Å². The molecule has 0 bridgehead atoms. The number of unbranched alkanes of at least 4 members (excludes halogenated alkanes) is 1. The number of aryl methyl sites for hydroxylation is 1. The Balaban J connectivity index is 1.96. The maximum Gasteiger partial charge on any atom is 0.224 e. The Morgan fingerprint density at radius 2 is 1.86 bits per heavy atom. The third-order valence-corrected chi connectivity index (χ3v) is 3.30. The highest BCUT2D eigenvalue weighted by molar-refractivity contribution is 5.43. The molecule has 0 saturated heterocycles. The molecule has 1 heterocycles. The molecule has 2 N–H and O–H groups in total. The van der Waals surface area contributed by atoms with Gasteiger partial charge in [0.25, 0.3) is 0 Å². The van der Waals surface area contributed by atoms with Crippen LogP contribution < -0.4 is 15.4 Å². The molecule has 2 aromatic rings. The monoisotopic (exact) mass is 300 g/mol. The Kier molecular flexibility index (Phi) is 6.01. The standard InChI is InChI=1S/C17H24N4O/c1-4-5-10-18-17-20-13(2)11-16(21-17)19-12-14-6-8-15(22-3)9-7-14/h6-9,11H,4-5,10,12H2,1-3H3,(H2,18,19,20,21). The molecule has 0 aliphatic rings. The SMILES string of the molecule is CCCCNc1nc(C)cc(NCc2ccc(OC)cc2)n1. The Morgan fingerprint density at radius 1 is 1.09 bits per heavy atom. The molecular weight excluding hydrogens is 276 g/mol. The van der Waals surface area contributed by atoms with Crippen LogP contribution in [0, 0.1) is 6.92 Å². The summed E-state index contributed by atoms with van der Waals surface area (Å²) in [5.41, 5.74) is 2.13. The van der Waals surface area contributed by atoms with Crippen molar-refractivity contribution in [1.29, 1.82) is 0 Å². The number of hydrogen-bond donors (Lipinski definition) is 2.